The van der Waals surface area contributed by atoms with Crippen molar-refractivity contribution in [1.29, 1.82) is 0 Å². The number of anilines is 1. The van der Waals surface area contributed by atoms with Crippen molar-refractivity contribution >= 4 is 16.5 Å². The minimum absolute atomic E-state index is 0.776. The summed E-state index contributed by atoms with van der Waals surface area (Å²) < 4.78 is 0. The number of hydrogen-bond donors (Lipinski definition) is 1. The lowest BCUT2D eigenvalue weighted by molar-refractivity contribution is 0.749. The summed E-state index contributed by atoms with van der Waals surface area (Å²) in [7, 11) is 1.96. The summed E-state index contributed by atoms with van der Waals surface area (Å²) in [4.78, 5) is 7.14. The zero-order chi connectivity index (χ0) is 10.7. The summed E-state index contributed by atoms with van der Waals surface area (Å²) in [6.45, 7) is 4.26. The van der Waals surface area contributed by atoms with Gasteiger partial charge in [0, 0.05) is 24.5 Å². The molecule has 1 aromatic rings. The molecule has 0 radical (unpaired) electrons. The molecule has 1 aromatic heterocycles. The fourth-order valence-electron chi connectivity index (χ4n) is 1.75. The topological polar surface area (TPSA) is 28.2 Å². The first-order valence-corrected chi connectivity index (χ1v) is 6.58. The van der Waals surface area contributed by atoms with Crippen LogP contribution in [-0.2, 0) is 6.54 Å². The SMILES string of the molecule is CCCN(c1nc(CNC)cs1)C1CC1. The van der Waals surface area contributed by atoms with E-state index >= 15 is 0 Å². The van der Waals surface area contributed by atoms with E-state index in [0.717, 1.165) is 19.1 Å². The van der Waals surface area contributed by atoms with Gasteiger partial charge in [-0.2, -0.15) is 0 Å². The highest BCUT2D eigenvalue weighted by Crippen LogP contribution is 2.33. The van der Waals surface area contributed by atoms with Gasteiger partial charge in [0.1, 0.15) is 0 Å². The van der Waals surface area contributed by atoms with Gasteiger partial charge in [-0.25, -0.2) is 4.98 Å². The Morgan fingerprint density at radius 3 is 3.00 bits per heavy atom. The first-order chi connectivity index (χ1) is 7.35. The Morgan fingerprint density at radius 1 is 1.60 bits per heavy atom. The molecular weight excluding hydrogens is 206 g/mol. The van der Waals surface area contributed by atoms with Crippen molar-refractivity contribution in [2.24, 2.45) is 0 Å². The van der Waals surface area contributed by atoms with E-state index in [1.807, 2.05) is 7.05 Å². The third-order valence-corrected chi connectivity index (χ3v) is 3.52. The molecule has 3 nitrogen and oxygen atoms in total. The van der Waals surface area contributed by atoms with Crippen LogP contribution in [0.25, 0.3) is 0 Å². The van der Waals surface area contributed by atoms with Crippen LogP contribution in [0.5, 0.6) is 0 Å². The van der Waals surface area contributed by atoms with Gasteiger partial charge in [0.05, 0.1) is 5.69 Å². The zero-order valence-corrected chi connectivity index (χ0v) is 10.3. The Bertz CT molecular complexity index is 307. The Labute approximate surface area is 95.5 Å². The Kier molecular flexibility index (Phi) is 3.59. The van der Waals surface area contributed by atoms with Crippen molar-refractivity contribution < 1.29 is 0 Å². The Morgan fingerprint density at radius 2 is 2.40 bits per heavy atom. The van der Waals surface area contributed by atoms with Gasteiger partial charge in [0.15, 0.2) is 5.13 Å². The van der Waals surface area contributed by atoms with E-state index < -0.39 is 0 Å². The van der Waals surface area contributed by atoms with E-state index in [9.17, 15) is 0 Å². The minimum atomic E-state index is 0.776. The average molecular weight is 225 g/mol. The Hall–Kier alpha value is -0.610. The summed E-state index contributed by atoms with van der Waals surface area (Å²) in [5.41, 5.74) is 1.17. The quantitative estimate of drug-likeness (QED) is 0.805. The molecule has 0 amide bonds. The molecule has 1 fully saturated rings. The number of thiazole rings is 1. The molecule has 84 valence electrons. The highest BCUT2D eigenvalue weighted by Gasteiger charge is 2.30. The molecule has 0 aromatic carbocycles. The monoisotopic (exact) mass is 225 g/mol. The van der Waals surface area contributed by atoms with Gasteiger partial charge in [-0.1, -0.05) is 6.92 Å². The molecule has 1 heterocycles. The van der Waals surface area contributed by atoms with Crippen LogP contribution in [0.2, 0.25) is 0 Å². The number of aromatic nitrogens is 1. The summed E-state index contributed by atoms with van der Waals surface area (Å²) in [6.07, 6.45) is 3.90. The molecule has 1 saturated carbocycles. The molecule has 0 unspecified atom stereocenters. The van der Waals surface area contributed by atoms with Gasteiger partial charge in [-0.15, -0.1) is 11.3 Å². The first kappa shape index (κ1) is 10.9. The summed E-state index contributed by atoms with van der Waals surface area (Å²) >= 11 is 1.78. The molecule has 1 N–H and O–H groups in total. The number of nitrogens with one attached hydrogen (secondary N) is 1. The van der Waals surface area contributed by atoms with Gasteiger partial charge in [0.2, 0.25) is 0 Å². The minimum Gasteiger partial charge on any atom is -0.345 e. The summed E-state index contributed by atoms with van der Waals surface area (Å²) in [5.74, 6) is 0. The number of nitrogens with zero attached hydrogens (tertiary/aromatic N) is 2. The van der Waals surface area contributed by atoms with Crippen LogP contribution >= 0.6 is 11.3 Å². The molecule has 0 bridgehead atoms. The lowest BCUT2D eigenvalue weighted by atomic mass is 10.4. The molecule has 0 atom stereocenters. The van der Waals surface area contributed by atoms with Crippen molar-refractivity contribution in [1.82, 2.24) is 10.3 Å². The number of rotatable bonds is 6. The van der Waals surface area contributed by atoms with Crippen LogP contribution in [0.15, 0.2) is 5.38 Å². The van der Waals surface area contributed by atoms with Crippen LogP contribution in [0.3, 0.4) is 0 Å². The van der Waals surface area contributed by atoms with E-state index in [0.29, 0.717) is 0 Å². The van der Waals surface area contributed by atoms with Crippen molar-refractivity contribution in [3.63, 3.8) is 0 Å². The second-order valence-electron chi connectivity index (χ2n) is 4.08. The Balaban J connectivity index is 2.04. The maximum atomic E-state index is 4.66. The zero-order valence-electron chi connectivity index (χ0n) is 9.49. The van der Waals surface area contributed by atoms with Gasteiger partial charge < -0.3 is 10.2 Å². The molecule has 0 saturated heterocycles. The molecule has 2 rings (SSSR count). The lowest BCUT2D eigenvalue weighted by Crippen LogP contribution is -2.26. The van der Waals surface area contributed by atoms with Gasteiger partial charge in [-0.05, 0) is 26.3 Å². The van der Waals surface area contributed by atoms with Crippen LogP contribution in [0, 0.1) is 0 Å². The maximum Gasteiger partial charge on any atom is 0.185 e. The van der Waals surface area contributed by atoms with Crippen molar-refractivity contribution in [3.05, 3.63) is 11.1 Å². The summed E-state index contributed by atoms with van der Waals surface area (Å²) in [6, 6.07) is 0.776. The smallest absolute Gasteiger partial charge is 0.185 e. The van der Waals surface area contributed by atoms with E-state index in [-0.39, 0.29) is 0 Å². The van der Waals surface area contributed by atoms with Crippen molar-refractivity contribution in [3.8, 4) is 0 Å². The molecule has 1 aliphatic carbocycles. The highest BCUT2D eigenvalue weighted by atomic mass is 32.1. The van der Waals surface area contributed by atoms with E-state index in [1.54, 1.807) is 11.3 Å². The normalized spacial score (nSPS) is 15.6. The van der Waals surface area contributed by atoms with Gasteiger partial charge in [-0.3, -0.25) is 0 Å². The first-order valence-electron chi connectivity index (χ1n) is 5.70. The second-order valence-corrected chi connectivity index (χ2v) is 4.91. The standard InChI is InChI=1S/C11H19N3S/c1-3-6-14(10-4-5-10)11-13-9(7-12-2)8-15-11/h8,10,12H,3-7H2,1-2H3. The van der Waals surface area contributed by atoms with E-state index in [4.69, 9.17) is 0 Å². The fourth-order valence-corrected chi connectivity index (χ4v) is 2.68. The van der Waals surface area contributed by atoms with E-state index in [1.165, 1.54) is 30.1 Å². The predicted octanol–water partition coefficient (Wildman–Crippen LogP) is 2.24. The second kappa shape index (κ2) is 4.94. The average Bonchev–Trinajstić information content (AvgIpc) is 2.96. The third-order valence-electron chi connectivity index (χ3n) is 2.60. The molecule has 1 aliphatic rings. The van der Waals surface area contributed by atoms with Crippen LogP contribution in [0.4, 0.5) is 5.13 Å². The van der Waals surface area contributed by atoms with Crippen LogP contribution in [-0.4, -0.2) is 24.6 Å². The third kappa shape index (κ3) is 2.69. The number of hydrogen-bond acceptors (Lipinski definition) is 4. The fraction of sp³-hybridized carbons (Fsp3) is 0.727. The lowest BCUT2D eigenvalue weighted by Gasteiger charge is -2.20. The van der Waals surface area contributed by atoms with Crippen LogP contribution < -0.4 is 10.2 Å². The van der Waals surface area contributed by atoms with Crippen molar-refractivity contribution in [2.45, 2.75) is 38.8 Å². The maximum absolute atomic E-state index is 4.66. The van der Waals surface area contributed by atoms with Gasteiger partial charge >= 0.3 is 0 Å². The molecule has 0 spiro atoms. The highest BCUT2D eigenvalue weighted by molar-refractivity contribution is 7.13. The van der Waals surface area contributed by atoms with Crippen molar-refractivity contribution in [2.75, 3.05) is 18.5 Å². The molecular formula is C11H19N3S. The van der Waals surface area contributed by atoms with Gasteiger partial charge in [0.25, 0.3) is 0 Å². The van der Waals surface area contributed by atoms with E-state index in [2.05, 4.69) is 27.5 Å². The molecule has 4 heteroatoms. The summed E-state index contributed by atoms with van der Waals surface area (Å²) in [5, 5.41) is 6.51. The molecule has 15 heavy (non-hydrogen) atoms. The molecule has 0 aliphatic heterocycles. The largest absolute Gasteiger partial charge is 0.345 e. The predicted molar refractivity (Wildman–Crippen MR) is 65.5 cm³/mol. The van der Waals surface area contributed by atoms with Crippen LogP contribution in [0.1, 0.15) is 31.9 Å².